The largest absolute Gasteiger partial charge is 0.496 e. The molecule has 0 bridgehead atoms. The van der Waals surface area contributed by atoms with E-state index in [4.69, 9.17) is 9.15 Å². The first kappa shape index (κ1) is 22.2. The molecule has 0 unspecified atom stereocenters. The van der Waals surface area contributed by atoms with E-state index in [-0.39, 0.29) is 11.9 Å². The number of hydrogen-bond acceptors (Lipinski definition) is 4. The minimum atomic E-state index is -0.179. The number of para-hydroxylation sites is 2. The van der Waals surface area contributed by atoms with Crippen molar-refractivity contribution in [3.8, 4) is 5.75 Å². The molecule has 4 aromatic rings. The van der Waals surface area contributed by atoms with Crippen molar-refractivity contribution in [2.75, 3.05) is 25.5 Å². The summed E-state index contributed by atoms with van der Waals surface area (Å²) in [4.78, 5) is 15.7. The lowest BCUT2D eigenvalue weighted by Crippen LogP contribution is -2.37. The fraction of sp³-hybridized carbons (Fsp3) is 0.276. The van der Waals surface area contributed by atoms with E-state index in [0.29, 0.717) is 11.5 Å². The molecule has 1 amide bonds. The van der Waals surface area contributed by atoms with E-state index in [9.17, 15) is 4.79 Å². The van der Waals surface area contributed by atoms with Crippen LogP contribution in [0.2, 0.25) is 0 Å². The fourth-order valence-corrected chi connectivity index (χ4v) is 4.84. The Morgan fingerprint density at radius 2 is 1.65 bits per heavy atom. The second-order valence-corrected chi connectivity index (χ2v) is 9.02. The number of ether oxygens (including phenoxy) is 1. The average molecular weight is 455 g/mol. The van der Waals surface area contributed by atoms with E-state index < -0.39 is 0 Å². The molecule has 5 heteroatoms. The molecular weight excluding hydrogens is 424 g/mol. The molecule has 1 atom stereocenters. The molecule has 0 aliphatic carbocycles. The molecule has 174 valence electrons. The number of benzene rings is 3. The third kappa shape index (κ3) is 4.31. The van der Waals surface area contributed by atoms with Crippen LogP contribution < -0.4 is 10.1 Å². The Morgan fingerprint density at radius 3 is 2.41 bits per heavy atom. The Labute approximate surface area is 200 Å². The molecule has 0 saturated carbocycles. The van der Waals surface area contributed by atoms with Gasteiger partial charge in [0.05, 0.1) is 18.8 Å². The number of anilines is 1. The molecule has 1 aliphatic rings. The van der Waals surface area contributed by atoms with Gasteiger partial charge in [0.1, 0.15) is 11.3 Å². The van der Waals surface area contributed by atoms with E-state index in [2.05, 4.69) is 23.2 Å². The third-order valence-corrected chi connectivity index (χ3v) is 6.76. The van der Waals surface area contributed by atoms with Crippen molar-refractivity contribution in [3.63, 3.8) is 0 Å². The van der Waals surface area contributed by atoms with E-state index in [1.807, 2.05) is 72.8 Å². The molecular formula is C29H30N2O3. The predicted molar refractivity (Wildman–Crippen MR) is 135 cm³/mol. The van der Waals surface area contributed by atoms with Gasteiger partial charge in [-0.3, -0.25) is 9.69 Å². The van der Waals surface area contributed by atoms with Crippen LogP contribution in [-0.2, 0) is 0 Å². The molecule has 5 rings (SSSR count). The zero-order valence-electron chi connectivity index (χ0n) is 19.7. The molecule has 34 heavy (non-hydrogen) atoms. The molecule has 2 heterocycles. The summed E-state index contributed by atoms with van der Waals surface area (Å²) in [5.74, 6) is 2.10. The summed E-state index contributed by atoms with van der Waals surface area (Å²) in [5.41, 5.74) is 3.12. The predicted octanol–water partition coefficient (Wildman–Crippen LogP) is 6.52. The van der Waals surface area contributed by atoms with Gasteiger partial charge in [-0.05, 0) is 62.2 Å². The minimum absolute atomic E-state index is 0.153. The number of rotatable bonds is 6. The number of nitrogens with zero attached hydrogens (tertiary/aromatic N) is 1. The first-order valence-corrected chi connectivity index (χ1v) is 11.9. The average Bonchev–Trinajstić information content (AvgIpc) is 3.24. The van der Waals surface area contributed by atoms with Crippen molar-refractivity contribution in [1.29, 1.82) is 0 Å². The van der Waals surface area contributed by atoms with Gasteiger partial charge in [0, 0.05) is 16.5 Å². The van der Waals surface area contributed by atoms with Gasteiger partial charge in [0.15, 0.2) is 5.76 Å². The van der Waals surface area contributed by atoms with E-state index in [1.54, 1.807) is 7.11 Å². The quantitative estimate of drug-likeness (QED) is 0.361. The Bertz CT molecular complexity index is 1270. The maximum atomic E-state index is 13.2. The summed E-state index contributed by atoms with van der Waals surface area (Å²) in [6.45, 7) is 4.21. The normalized spacial score (nSPS) is 15.8. The fourth-order valence-electron chi connectivity index (χ4n) is 4.84. The Kier molecular flexibility index (Phi) is 6.37. The number of methoxy groups -OCH3 is 1. The number of likely N-dealkylation sites (tertiary alicyclic amines) is 1. The molecule has 1 N–H and O–H groups in total. The highest BCUT2D eigenvalue weighted by Gasteiger charge is 2.34. The van der Waals surface area contributed by atoms with Crippen LogP contribution >= 0.6 is 0 Å². The van der Waals surface area contributed by atoms with Crippen LogP contribution in [-0.4, -0.2) is 31.0 Å². The van der Waals surface area contributed by atoms with Gasteiger partial charge in [0.25, 0.3) is 5.91 Å². The number of fused-ring (bicyclic) bond motifs is 1. The Hall–Kier alpha value is -3.57. The van der Waals surface area contributed by atoms with Gasteiger partial charge < -0.3 is 14.5 Å². The summed E-state index contributed by atoms with van der Waals surface area (Å²) < 4.78 is 12.3. The molecule has 1 fully saturated rings. The molecule has 0 spiro atoms. The second kappa shape index (κ2) is 9.74. The molecule has 5 nitrogen and oxygen atoms in total. The number of piperidine rings is 1. The Morgan fingerprint density at radius 1 is 0.971 bits per heavy atom. The van der Waals surface area contributed by atoms with Gasteiger partial charge in [-0.1, -0.05) is 55.5 Å². The van der Waals surface area contributed by atoms with Crippen molar-refractivity contribution in [2.24, 2.45) is 5.92 Å². The minimum Gasteiger partial charge on any atom is -0.496 e. The maximum absolute atomic E-state index is 13.2. The van der Waals surface area contributed by atoms with E-state index >= 15 is 0 Å². The Balaban J connectivity index is 1.65. The number of carbonyl (C=O) groups is 1. The topological polar surface area (TPSA) is 54.7 Å². The number of hydrogen-bond donors (Lipinski definition) is 1. The SMILES string of the molecule is COc1ccccc1[C@H](c1oc2ccccc2c1NC(=O)c1ccccc1)N1CCC(C)CC1. The second-order valence-electron chi connectivity index (χ2n) is 9.02. The van der Waals surface area contributed by atoms with Crippen molar-refractivity contribution in [1.82, 2.24) is 4.90 Å². The van der Waals surface area contributed by atoms with Crippen LogP contribution in [0.25, 0.3) is 11.0 Å². The highest BCUT2D eigenvalue weighted by atomic mass is 16.5. The van der Waals surface area contributed by atoms with Crippen LogP contribution in [0.3, 0.4) is 0 Å². The molecule has 0 radical (unpaired) electrons. The molecule has 3 aromatic carbocycles. The zero-order valence-corrected chi connectivity index (χ0v) is 19.7. The number of nitrogens with one attached hydrogen (secondary N) is 1. The lowest BCUT2D eigenvalue weighted by atomic mass is 9.93. The van der Waals surface area contributed by atoms with Gasteiger partial charge in [-0.15, -0.1) is 0 Å². The highest BCUT2D eigenvalue weighted by Crippen LogP contribution is 2.44. The lowest BCUT2D eigenvalue weighted by molar-refractivity contribution is 0.102. The zero-order chi connectivity index (χ0) is 23.5. The van der Waals surface area contributed by atoms with Crippen molar-refractivity contribution in [3.05, 3.63) is 95.7 Å². The number of carbonyl (C=O) groups excluding carboxylic acids is 1. The van der Waals surface area contributed by atoms with E-state index in [0.717, 1.165) is 59.7 Å². The molecule has 1 saturated heterocycles. The smallest absolute Gasteiger partial charge is 0.255 e. The van der Waals surface area contributed by atoms with Gasteiger partial charge >= 0.3 is 0 Å². The van der Waals surface area contributed by atoms with Crippen molar-refractivity contribution < 1.29 is 13.9 Å². The van der Waals surface area contributed by atoms with Crippen LogP contribution in [0.15, 0.2) is 83.3 Å². The molecule has 1 aromatic heterocycles. The summed E-state index contributed by atoms with van der Waals surface area (Å²) >= 11 is 0. The van der Waals surface area contributed by atoms with E-state index in [1.165, 1.54) is 0 Å². The third-order valence-electron chi connectivity index (χ3n) is 6.76. The van der Waals surface area contributed by atoms with Crippen molar-refractivity contribution in [2.45, 2.75) is 25.8 Å². The van der Waals surface area contributed by atoms with Crippen LogP contribution in [0.5, 0.6) is 5.75 Å². The summed E-state index contributed by atoms with van der Waals surface area (Å²) in [6.07, 6.45) is 2.25. The number of amides is 1. The highest BCUT2D eigenvalue weighted by molar-refractivity contribution is 6.09. The van der Waals surface area contributed by atoms with Crippen LogP contribution in [0.4, 0.5) is 5.69 Å². The maximum Gasteiger partial charge on any atom is 0.255 e. The van der Waals surface area contributed by atoms with Crippen LogP contribution in [0.1, 0.15) is 47.5 Å². The standard InChI is InChI=1S/C29H30N2O3/c1-20-16-18-31(19-17-20)27(23-13-7-8-14-24(23)33-2)28-26(22-12-6-9-15-25(22)34-28)30-29(32)21-10-4-3-5-11-21/h3-15,20,27H,16-19H2,1-2H3,(H,30,32)/t27-/m1/s1. The van der Waals surface area contributed by atoms with Gasteiger partial charge in [-0.2, -0.15) is 0 Å². The molecule has 1 aliphatic heterocycles. The first-order valence-electron chi connectivity index (χ1n) is 11.9. The van der Waals surface area contributed by atoms with Crippen molar-refractivity contribution >= 4 is 22.6 Å². The lowest BCUT2D eigenvalue weighted by Gasteiger charge is -2.36. The van der Waals surface area contributed by atoms with Gasteiger partial charge in [0.2, 0.25) is 0 Å². The monoisotopic (exact) mass is 454 g/mol. The van der Waals surface area contributed by atoms with Crippen LogP contribution in [0, 0.1) is 5.92 Å². The summed E-state index contributed by atoms with van der Waals surface area (Å²) in [7, 11) is 1.70. The number of furan rings is 1. The summed E-state index contributed by atoms with van der Waals surface area (Å²) in [6, 6.07) is 25.1. The van der Waals surface area contributed by atoms with Gasteiger partial charge in [-0.25, -0.2) is 0 Å². The first-order chi connectivity index (χ1) is 16.7. The summed E-state index contributed by atoms with van der Waals surface area (Å²) in [5, 5.41) is 4.08.